The summed E-state index contributed by atoms with van der Waals surface area (Å²) in [6.45, 7) is 2.86. The molecule has 102 valence electrons. The van der Waals surface area contributed by atoms with Crippen LogP contribution in [0.4, 0.5) is 5.69 Å². The van der Waals surface area contributed by atoms with Crippen LogP contribution in [0.25, 0.3) is 0 Å². The van der Waals surface area contributed by atoms with Crippen LogP contribution >= 0.6 is 0 Å². The van der Waals surface area contributed by atoms with Gasteiger partial charge in [-0.05, 0) is 30.5 Å². The molecule has 2 rings (SSSR count). The molecule has 1 aromatic rings. The van der Waals surface area contributed by atoms with Gasteiger partial charge in [-0.25, -0.2) is 0 Å². The minimum absolute atomic E-state index is 0.162. The summed E-state index contributed by atoms with van der Waals surface area (Å²) in [4.78, 5) is 22.8. The average molecular weight is 262 g/mol. The summed E-state index contributed by atoms with van der Waals surface area (Å²) in [7, 11) is 0. The van der Waals surface area contributed by atoms with E-state index in [4.69, 9.17) is 5.11 Å². The summed E-state index contributed by atoms with van der Waals surface area (Å²) in [5.74, 6) is -1.63. The molecule has 0 fully saturated rings. The lowest BCUT2D eigenvalue weighted by Gasteiger charge is -2.11. The molecule has 1 unspecified atom stereocenters. The molecule has 1 aromatic carbocycles. The third kappa shape index (κ3) is 3.05. The van der Waals surface area contributed by atoms with Gasteiger partial charge in [0.2, 0.25) is 0 Å². The number of aliphatic carboxylic acids is 1. The van der Waals surface area contributed by atoms with Gasteiger partial charge in [-0.3, -0.25) is 9.59 Å². The fourth-order valence-corrected chi connectivity index (χ4v) is 2.16. The first-order chi connectivity index (χ1) is 9.11. The quantitative estimate of drug-likeness (QED) is 0.751. The number of carbonyl (C=O) groups is 2. The zero-order chi connectivity index (χ0) is 13.8. The summed E-state index contributed by atoms with van der Waals surface area (Å²) >= 11 is 0. The van der Waals surface area contributed by atoms with Crippen molar-refractivity contribution in [2.24, 2.45) is 5.92 Å². The number of hydrogen-bond donors (Lipinski definition) is 3. The first-order valence-electron chi connectivity index (χ1n) is 6.49. The number of benzene rings is 1. The summed E-state index contributed by atoms with van der Waals surface area (Å²) < 4.78 is 0. The second-order valence-corrected chi connectivity index (χ2v) is 4.70. The molecule has 5 nitrogen and oxygen atoms in total. The molecule has 0 saturated carbocycles. The average Bonchev–Trinajstić information content (AvgIpc) is 2.85. The molecule has 0 aromatic heterocycles. The molecule has 19 heavy (non-hydrogen) atoms. The minimum Gasteiger partial charge on any atom is -0.481 e. The normalized spacial score (nSPS) is 14.4. The number of carboxylic acids is 1. The highest BCUT2D eigenvalue weighted by Crippen LogP contribution is 2.23. The Bertz CT molecular complexity index is 499. The lowest BCUT2D eigenvalue weighted by molar-refractivity contribution is -0.141. The third-order valence-electron chi connectivity index (χ3n) is 3.43. The molecule has 0 bridgehead atoms. The maximum absolute atomic E-state index is 12.0. The monoisotopic (exact) mass is 262 g/mol. The summed E-state index contributed by atoms with van der Waals surface area (Å²) in [5.41, 5.74) is 2.78. The SMILES string of the molecule is CCC(CNC(=O)c1ccc2c(c1)NCC2)C(=O)O. The lowest BCUT2D eigenvalue weighted by Crippen LogP contribution is -2.32. The second kappa shape index (κ2) is 5.73. The molecule has 0 aliphatic carbocycles. The lowest BCUT2D eigenvalue weighted by atomic mass is 10.1. The van der Waals surface area contributed by atoms with Crippen LogP contribution in [0, 0.1) is 5.92 Å². The zero-order valence-corrected chi connectivity index (χ0v) is 10.9. The summed E-state index contributed by atoms with van der Waals surface area (Å²) in [6, 6.07) is 5.54. The van der Waals surface area contributed by atoms with Crippen LogP contribution in [0.5, 0.6) is 0 Å². The van der Waals surface area contributed by atoms with Crippen LogP contribution in [0.15, 0.2) is 18.2 Å². The maximum Gasteiger partial charge on any atom is 0.308 e. The van der Waals surface area contributed by atoms with Crippen molar-refractivity contribution in [2.45, 2.75) is 19.8 Å². The molecule has 0 spiro atoms. The smallest absolute Gasteiger partial charge is 0.308 e. The van der Waals surface area contributed by atoms with Crippen molar-refractivity contribution in [3.8, 4) is 0 Å². The van der Waals surface area contributed by atoms with E-state index in [0.29, 0.717) is 12.0 Å². The zero-order valence-electron chi connectivity index (χ0n) is 10.9. The molecule has 5 heteroatoms. The first kappa shape index (κ1) is 13.4. The molecule has 3 N–H and O–H groups in total. The number of hydrogen-bond acceptors (Lipinski definition) is 3. The standard InChI is InChI=1S/C14H18N2O3/c1-2-9(14(18)19)8-16-13(17)11-4-3-10-5-6-15-12(10)7-11/h3-4,7,9,15H,2,5-6,8H2,1H3,(H,16,17)(H,18,19). The van der Waals surface area contributed by atoms with Crippen LogP contribution in [0.3, 0.4) is 0 Å². The van der Waals surface area contributed by atoms with Crippen molar-refractivity contribution in [3.63, 3.8) is 0 Å². The highest BCUT2D eigenvalue weighted by molar-refractivity contribution is 5.95. The van der Waals surface area contributed by atoms with E-state index in [1.807, 2.05) is 12.1 Å². The van der Waals surface area contributed by atoms with Gasteiger partial charge in [0.15, 0.2) is 0 Å². The van der Waals surface area contributed by atoms with E-state index in [-0.39, 0.29) is 12.5 Å². The summed E-state index contributed by atoms with van der Waals surface area (Å²) in [6.07, 6.45) is 1.48. The number of amides is 1. The second-order valence-electron chi connectivity index (χ2n) is 4.70. The van der Waals surface area contributed by atoms with Crippen LogP contribution in [0.1, 0.15) is 29.3 Å². The Labute approximate surface area is 112 Å². The predicted molar refractivity (Wildman–Crippen MR) is 72.4 cm³/mol. The Morgan fingerprint density at radius 2 is 2.26 bits per heavy atom. The van der Waals surface area contributed by atoms with Gasteiger partial charge in [0, 0.05) is 24.3 Å². The van der Waals surface area contributed by atoms with Gasteiger partial charge in [-0.1, -0.05) is 13.0 Å². The fourth-order valence-electron chi connectivity index (χ4n) is 2.16. The number of nitrogens with one attached hydrogen (secondary N) is 2. The van der Waals surface area contributed by atoms with Crippen molar-refractivity contribution >= 4 is 17.6 Å². The van der Waals surface area contributed by atoms with Crippen LogP contribution in [-0.4, -0.2) is 30.1 Å². The van der Waals surface area contributed by atoms with Crippen molar-refractivity contribution in [3.05, 3.63) is 29.3 Å². The Kier molecular flexibility index (Phi) is 4.04. The Hall–Kier alpha value is -2.04. The van der Waals surface area contributed by atoms with Crippen molar-refractivity contribution in [2.75, 3.05) is 18.4 Å². The van der Waals surface area contributed by atoms with Crippen molar-refractivity contribution < 1.29 is 14.7 Å². The highest BCUT2D eigenvalue weighted by atomic mass is 16.4. The minimum atomic E-state index is -0.876. The number of fused-ring (bicyclic) bond motifs is 1. The topological polar surface area (TPSA) is 78.4 Å². The molecule has 1 heterocycles. The molecule has 1 aliphatic rings. The molecule has 0 radical (unpaired) electrons. The molecule has 1 amide bonds. The van der Waals surface area contributed by atoms with E-state index >= 15 is 0 Å². The Balaban J connectivity index is 1.98. The Morgan fingerprint density at radius 1 is 1.47 bits per heavy atom. The van der Waals surface area contributed by atoms with Crippen molar-refractivity contribution in [1.82, 2.24) is 5.32 Å². The van der Waals surface area contributed by atoms with Crippen LogP contribution in [0.2, 0.25) is 0 Å². The molecule has 1 aliphatic heterocycles. The molecular formula is C14H18N2O3. The maximum atomic E-state index is 12.0. The summed E-state index contributed by atoms with van der Waals surface area (Å²) in [5, 5.41) is 14.8. The van der Waals surface area contributed by atoms with Gasteiger partial charge < -0.3 is 15.7 Å². The molecular weight excluding hydrogens is 244 g/mol. The van der Waals surface area contributed by atoms with E-state index in [1.165, 1.54) is 5.56 Å². The number of rotatable bonds is 5. The van der Waals surface area contributed by atoms with E-state index in [2.05, 4.69) is 10.6 Å². The number of carbonyl (C=O) groups excluding carboxylic acids is 1. The van der Waals surface area contributed by atoms with Crippen LogP contribution in [-0.2, 0) is 11.2 Å². The van der Waals surface area contributed by atoms with E-state index in [1.54, 1.807) is 13.0 Å². The first-order valence-corrected chi connectivity index (χ1v) is 6.49. The molecule has 1 atom stereocenters. The highest BCUT2D eigenvalue weighted by Gasteiger charge is 2.17. The van der Waals surface area contributed by atoms with E-state index in [0.717, 1.165) is 18.7 Å². The van der Waals surface area contributed by atoms with E-state index < -0.39 is 11.9 Å². The van der Waals surface area contributed by atoms with Gasteiger partial charge >= 0.3 is 5.97 Å². The number of anilines is 1. The number of carboxylic acid groups (broad SMARTS) is 1. The van der Waals surface area contributed by atoms with Gasteiger partial charge in [-0.2, -0.15) is 0 Å². The third-order valence-corrected chi connectivity index (χ3v) is 3.43. The van der Waals surface area contributed by atoms with Gasteiger partial charge in [0.25, 0.3) is 5.91 Å². The molecule has 0 saturated heterocycles. The van der Waals surface area contributed by atoms with Gasteiger partial charge in [0.05, 0.1) is 5.92 Å². The van der Waals surface area contributed by atoms with Gasteiger partial charge in [-0.15, -0.1) is 0 Å². The van der Waals surface area contributed by atoms with E-state index in [9.17, 15) is 9.59 Å². The van der Waals surface area contributed by atoms with Gasteiger partial charge in [0.1, 0.15) is 0 Å². The fraction of sp³-hybridized carbons (Fsp3) is 0.429. The predicted octanol–water partition coefficient (Wildman–Crippen LogP) is 1.50. The van der Waals surface area contributed by atoms with Crippen molar-refractivity contribution in [1.29, 1.82) is 0 Å². The van der Waals surface area contributed by atoms with Crippen LogP contribution < -0.4 is 10.6 Å². The Morgan fingerprint density at radius 3 is 2.95 bits per heavy atom. The largest absolute Gasteiger partial charge is 0.481 e.